The van der Waals surface area contributed by atoms with Crippen molar-refractivity contribution >= 4 is 23.6 Å². The molecule has 7 nitrogen and oxygen atoms in total. The number of imide groups is 1. The van der Waals surface area contributed by atoms with Crippen molar-refractivity contribution in [2.45, 2.75) is 64.6 Å². The zero-order valence-corrected chi connectivity index (χ0v) is 22.7. The van der Waals surface area contributed by atoms with Crippen LogP contribution < -0.4 is 5.32 Å². The normalized spacial score (nSPS) is 19.5. The maximum absolute atomic E-state index is 14.7. The highest BCUT2D eigenvalue weighted by Gasteiger charge is 2.47. The highest BCUT2D eigenvalue weighted by atomic mass is 19.1. The number of carbonyl (C=O) groups is 4. The third-order valence-electron chi connectivity index (χ3n) is 7.22. The Morgan fingerprint density at radius 2 is 1.56 bits per heavy atom. The van der Waals surface area contributed by atoms with Crippen molar-refractivity contribution in [3.05, 3.63) is 83.7 Å². The molecule has 4 rings (SSSR count). The summed E-state index contributed by atoms with van der Waals surface area (Å²) in [5.74, 6) is -2.54. The van der Waals surface area contributed by atoms with Gasteiger partial charge < -0.3 is 10.2 Å². The molecule has 4 amide bonds. The molecule has 1 fully saturated rings. The summed E-state index contributed by atoms with van der Waals surface area (Å²) < 4.78 is 14.7. The van der Waals surface area contributed by atoms with Crippen molar-refractivity contribution in [1.29, 1.82) is 0 Å². The molecule has 1 aliphatic carbocycles. The monoisotopic (exact) mass is 533 g/mol. The molecule has 2 aromatic rings. The molecule has 0 unspecified atom stereocenters. The van der Waals surface area contributed by atoms with Crippen LogP contribution in [0.15, 0.2) is 66.7 Å². The van der Waals surface area contributed by atoms with Gasteiger partial charge in [0.05, 0.1) is 11.8 Å². The summed E-state index contributed by atoms with van der Waals surface area (Å²) in [6.07, 6.45) is 4.93. The topological polar surface area (TPSA) is 86.8 Å². The fourth-order valence-electron chi connectivity index (χ4n) is 5.26. The van der Waals surface area contributed by atoms with Crippen LogP contribution >= 0.6 is 0 Å². The van der Waals surface area contributed by atoms with E-state index in [9.17, 15) is 23.6 Å². The lowest BCUT2D eigenvalue weighted by Gasteiger charge is -2.34. The average molecular weight is 534 g/mol. The van der Waals surface area contributed by atoms with Crippen molar-refractivity contribution in [1.82, 2.24) is 15.1 Å². The molecule has 206 valence electrons. The van der Waals surface area contributed by atoms with Gasteiger partial charge in [-0.3, -0.25) is 24.1 Å². The molecule has 1 aliphatic heterocycles. The fourth-order valence-corrected chi connectivity index (χ4v) is 5.26. The van der Waals surface area contributed by atoms with Gasteiger partial charge >= 0.3 is 0 Å². The summed E-state index contributed by atoms with van der Waals surface area (Å²) in [5.41, 5.74) is 0.564. The molecule has 0 saturated carbocycles. The van der Waals surface area contributed by atoms with Crippen LogP contribution in [0.5, 0.6) is 0 Å². The van der Waals surface area contributed by atoms with E-state index in [1.165, 1.54) is 15.9 Å². The summed E-state index contributed by atoms with van der Waals surface area (Å²) in [7, 11) is 0. The van der Waals surface area contributed by atoms with Crippen molar-refractivity contribution in [2.24, 2.45) is 11.8 Å². The molecule has 1 N–H and O–H groups in total. The van der Waals surface area contributed by atoms with E-state index < -0.39 is 23.3 Å². The molecular weight excluding hydrogens is 497 g/mol. The van der Waals surface area contributed by atoms with Crippen LogP contribution in [-0.2, 0) is 32.1 Å². The largest absolute Gasteiger partial charge is 0.350 e. The number of nitrogens with zero attached hydrogens (tertiary/aromatic N) is 2. The smallest absolute Gasteiger partial charge is 0.243 e. The van der Waals surface area contributed by atoms with Gasteiger partial charge in [-0.1, -0.05) is 60.7 Å². The number of nitrogens with one attached hydrogen (secondary N) is 1. The van der Waals surface area contributed by atoms with Gasteiger partial charge in [0.15, 0.2) is 0 Å². The number of allylic oxidation sites excluding steroid dienone is 2. The number of rotatable bonds is 9. The second-order valence-electron chi connectivity index (χ2n) is 11.3. The first-order valence-electron chi connectivity index (χ1n) is 13.4. The lowest BCUT2D eigenvalue weighted by Crippen LogP contribution is -2.54. The van der Waals surface area contributed by atoms with Gasteiger partial charge in [-0.15, -0.1) is 0 Å². The van der Waals surface area contributed by atoms with Crippen molar-refractivity contribution in [2.75, 3.05) is 6.54 Å². The van der Waals surface area contributed by atoms with E-state index in [1.54, 1.807) is 18.2 Å². The summed E-state index contributed by atoms with van der Waals surface area (Å²) in [5, 5.41) is 2.97. The van der Waals surface area contributed by atoms with Gasteiger partial charge in [-0.2, -0.15) is 0 Å². The predicted molar refractivity (Wildman–Crippen MR) is 145 cm³/mol. The van der Waals surface area contributed by atoms with Crippen LogP contribution in [0, 0.1) is 17.7 Å². The molecule has 1 heterocycles. The fraction of sp³-hybridized carbons (Fsp3) is 0.419. The molecule has 0 aromatic heterocycles. The van der Waals surface area contributed by atoms with Crippen LogP contribution in [-0.4, -0.2) is 51.6 Å². The molecule has 3 atom stereocenters. The minimum absolute atomic E-state index is 0.0732. The Balaban J connectivity index is 1.61. The summed E-state index contributed by atoms with van der Waals surface area (Å²) in [6.45, 7) is 5.36. The highest BCUT2D eigenvalue weighted by molar-refractivity contribution is 6.05. The van der Waals surface area contributed by atoms with Gasteiger partial charge in [0.25, 0.3) is 0 Å². The number of fused-ring (bicyclic) bond motifs is 1. The molecule has 2 aliphatic rings. The maximum atomic E-state index is 14.7. The lowest BCUT2D eigenvalue weighted by atomic mass is 9.85. The van der Waals surface area contributed by atoms with Crippen LogP contribution in [0.2, 0.25) is 0 Å². The molecule has 0 bridgehead atoms. The quantitative estimate of drug-likeness (QED) is 0.390. The third kappa shape index (κ3) is 6.80. The molecule has 0 spiro atoms. The van der Waals surface area contributed by atoms with E-state index in [2.05, 4.69) is 5.32 Å². The van der Waals surface area contributed by atoms with E-state index in [-0.39, 0.29) is 61.1 Å². The van der Waals surface area contributed by atoms with Crippen molar-refractivity contribution in [3.8, 4) is 0 Å². The number of amides is 4. The van der Waals surface area contributed by atoms with Gasteiger partial charge in [0, 0.05) is 37.0 Å². The Bertz CT molecular complexity index is 1230. The Hall–Kier alpha value is -3.81. The van der Waals surface area contributed by atoms with Crippen LogP contribution in [0.3, 0.4) is 0 Å². The SMILES string of the molecule is CC(C)(C)NC(=O)[C@@H](Cc1ccccc1)N(Cc1ccccc1F)C(=O)CCN1C(=O)[C@H]2CC=CC[C@H]2C1=O. The second kappa shape index (κ2) is 11.9. The zero-order valence-electron chi connectivity index (χ0n) is 22.7. The molecular formula is C31H36FN3O4. The molecule has 0 radical (unpaired) electrons. The first kappa shape index (κ1) is 28.2. The second-order valence-corrected chi connectivity index (χ2v) is 11.3. The van der Waals surface area contributed by atoms with Gasteiger partial charge in [-0.05, 0) is 45.2 Å². The lowest BCUT2D eigenvalue weighted by molar-refractivity contribution is -0.144. The summed E-state index contributed by atoms with van der Waals surface area (Å²) in [4.78, 5) is 55.8. The number of halogens is 1. The first-order valence-corrected chi connectivity index (χ1v) is 13.4. The number of carbonyl (C=O) groups excluding carboxylic acids is 4. The molecule has 2 aromatic carbocycles. The predicted octanol–water partition coefficient (Wildman–Crippen LogP) is 4.02. The van der Waals surface area contributed by atoms with E-state index in [1.807, 2.05) is 63.3 Å². The van der Waals surface area contributed by atoms with E-state index in [4.69, 9.17) is 0 Å². The van der Waals surface area contributed by atoms with E-state index in [0.717, 1.165) is 5.56 Å². The van der Waals surface area contributed by atoms with Crippen LogP contribution in [0.4, 0.5) is 4.39 Å². The van der Waals surface area contributed by atoms with Gasteiger partial charge in [0.1, 0.15) is 11.9 Å². The minimum Gasteiger partial charge on any atom is -0.350 e. The Labute approximate surface area is 229 Å². The molecule has 39 heavy (non-hydrogen) atoms. The Morgan fingerprint density at radius 3 is 2.15 bits per heavy atom. The van der Waals surface area contributed by atoms with E-state index in [0.29, 0.717) is 12.8 Å². The highest BCUT2D eigenvalue weighted by Crippen LogP contribution is 2.35. The summed E-state index contributed by atoms with van der Waals surface area (Å²) in [6, 6.07) is 14.5. The number of hydrogen-bond donors (Lipinski definition) is 1. The van der Waals surface area contributed by atoms with Crippen molar-refractivity contribution in [3.63, 3.8) is 0 Å². The Kier molecular flexibility index (Phi) is 8.63. The van der Waals surface area contributed by atoms with Crippen molar-refractivity contribution < 1.29 is 23.6 Å². The standard InChI is InChI=1S/C31H36FN3O4/c1-31(2,3)33-28(37)26(19-21-11-5-4-6-12-21)35(20-22-13-7-10-16-25(22)32)27(36)17-18-34-29(38)23-14-8-9-15-24(23)30(34)39/h4-13,16,23-24,26H,14-15,17-20H2,1-3H3,(H,33,37)/t23-,24+,26-/m1/s1. The van der Waals surface area contributed by atoms with Crippen LogP contribution in [0.25, 0.3) is 0 Å². The number of likely N-dealkylation sites (tertiary alicyclic amines) is 1. The zero-order chi connectivity index (χ0) is 28.2. The first-order chi connectivity index (χ1) is 18.5. The third-order valence-corrected chi connectivity index (χ3v) is 7.22. The van der Waals surface area contributed by atoms with Gasteiger partial charge in [0.2, 0.25) is 23.6 Å². The average Bonchev–Trinajstić information content (AvgIpc) is 3.14. The van der Waals surface area contributed by atoms with Crippen LogP contribution in [0.1, 0.15) is 51.2 Å². The maximum Gasteiger partial charge on any atom is 0.243 e. The molecule has 1 saturated heterocycles. The minimum atomic E-state index is -0.935. The number of benzene rings is 2. The van der Waals surface area contributed by atoms with E-state index >= 15 is 0 Å². The molecule has 8 heteroatoms. The summed E-state index contributed by atoms with van der Waals surface area (Å²) >= 11 is 0. The number of hydrogen-bond acceptors (Lipinski definition) is 4. The van der Waals surface area contributed by atoms with Gasteiger partial charge in [-0.25, -0.2) is 4.39 Å². The Morgan fingerprint density at radius 1 is 0.974 bits per heavy atom.